The van der Waals surface area contributed by atoms with Crippen LogP contribution in [0.25, 0.3) is 0 Å². The molecule has 0 bridgehead atoms. The first-order valence-corrected chi connectivity index (χ1v) is 8.00. The Bertz CT molecular complexity index is 418. The van der Waals surface area contributed by atoms with Crippen LogP contribution in [0, 0.1) is 0 Å². The molecular weight excluding hydrogens is 274 g/mol. The third-order valence-electron chi connectivity index (χ3n) is 3.48. The average molecular weight is 299 g/mol. The summed E-state index contributed by atoms with van der Waals surface area (Å²) < 4.78 is 23.9. The second kappa shape index (κ2) is 8.39. The molecule has 0 fully saturated rings. The molecule has 0 aliphatic carbocycles. The summed E-state index contributed by atoms with van der Waals surface area (Å²) in [6, 6.07) is 8.26. The van der Waals surface area contributed by atoms with E-state index in [2.05, 4.69) is 41.8 Å². The van der Waals surface area contributed by atoms with Crippen LogP contribution in [0.15, 0.2) is 24.3 Å². The zero-order valence-electron chi connectivity index (χ0n) is 12.8. The van der Waals surface area contributed by atoms with Crippen molar-refractivity contribution < 1.29 is 13.1 Å². The van der Waals surface area contributed by atoms with Crippen LogP contribution in [0.1, 0.15) is 39.2 Å². The zero-order valence-corrected chi connectivity index (χ0v) is 13.6. The first kappa shape index (κ1) is 17.1. The Morgan fingerprint density at radius 3 is 2.45 bits per heavy atom. The van der Waals surface area contributed by atoms with Crippen molar-refractivity contribution in [3.8, 4) is 5.75 Å². The van der Waals surface area contributed by atoms with Crippen molar-refractivity contribution in [2.45, 2.75) is 39.0 Å². The zero-order chi connectivity index (χ0) is 15.0. The monoisotopic (exact) mass is 299 g/mol. The maximum Gasteiger partial charge on any atom is 0.234 e. The summed E-state index contributed by atoms with van der Waals surface area (Å²) in [6.07, 6.45) is 1.88. The van der Waals surface area contributed by atoms with Gasteiger partial charge in [0.2, 0.25) is 11.3 Å². The molecule has 0 radical (unpaired) electrons. The van der Waals surface area contributed by atoms with Crippen LogP contribution in [-0.2, 0) is 20.9 Å². The van der Waals surface area contributed by atoms with Crippen molar-refractivity contribution in [2.24, 2.45) is 0 Å². The van der Waals surface area contributed by atoms with Gasteiger partial charge in [0.15, 0.2) is 0 Å². The molecule has 4 nitrogen and oxygen atoms in total. The highest BCUT2D eigenvalue weighted by Crippen LogP contribution is 2.27. The molecule has 20 heavy (non-hydrogen) atoms. The van der Waals surface area contributed by atoms with Gasteiger partial charge in [0.1, 0.15) is 5.75 Å². The van der Waals surface area contributed by atoms with Gasteiger partial charge >= 0.3 is 0 Å². The summed E-state index contributed by atoms with van der Waals surface area (Å²) in [5, 5.41) is 0. The molecule has 1 N–H and O–H groups in total. The fourth-order valence-electron chi connectivity index (χ4n) is 1.68. The van der Waals surface area contributed by atoms with E-state index in [-0.39, 0.29) is 5.41 Å². The Kier molecular flexibility index (Phi) is 7.19. The standard InChI is InChI=1S/C15H25NO3S/c1-5-15(2,3)13-7-9-14(10-8-13)19-12-6-11-16-20(17)18-4/h7-10,16H,5-6,11-12H2,1-4H3. The smallest absolute Gasteiger partial charge is 0.234 e. The fraction of sp³-hybridized carbons (Fsp3) is 0.600. The van der Waals surface area contributed by atoms with Gasteiger partial charge in [-0.1, -0.05) is 32.9 Å². The van der Waals surface area contributed by atoms with Gasteiger partial charge in [0.05, 0.1) is 13.7 Å². The molecule has 0 amide bonds. The topological polar surface area (TPSA) is 47.6 Å². The summed E-state index contributed by atoms with van der Waals surface area (Å²) in [5.74, 6) is 0.869. The predicted molar refractivity (Wildman–Crippen MR) is 83.0 cm³/mol. The van der Waals surface area contributed by atoms with Crippen molar-refractivity contribution in [3.05, 3.63) is 29.8 Å². The maximum atomic E-state index is 10.9. The molecule has 114 valence electrons. The minimum Gasteiger partial charge on any atom is -0.494 e. The first-order chi connectivity index (χ1) is 9.49. The molecule has 0 spiro atoms. The minimum absolute atomic E-state index is 0.201. The highest BCUT2D eigenvalue weighted by atomic mass is 32.2. The van der Waals surface area contributed by atoms with Crippen LogP contribution >= 0.6 is 0 Å². The largest absolute Gasteiger partial charge is 0.494 e. The highest BCUT2D eigenvalue weighted by molar-refractivity contribution is 7.78. The summed E-state index contributed by atoms with van der Waals surface area (Å²) in [4.78, 5) is 0. The van der Waals surface area contributed by atoms with E-state index >= 15 is 0 Å². The van der Waals surface area contributed by atoms with Crippen molar-refractivity contribution in [2.75, 3.05) is 20.3 Å². The summed E-state index contributed by atoms with van der Waals surface area (Å²) in [7, 11) is 1.40. The summed E-state index contributed by atoms with van der Waals surface area (Å²) >= 11 is -1.39. The van der Waals surface area contributed by atoms with Gasteiger partial charge in [-0.3, -0.25) is 4.18 Å². The van der Waals surface area contributed by atoms with Gasteiger partial charge in [0, 0.05) is 6.54 Å². The fourth-order valence-corrected chi connectivity index (χ4v) is 2.11. The molecule has 1 unspecified atom stereocenters. The molecular formula is C15H25NO3S. The third kappa shape index (κ3) is 5.61. The molecule has 0 aliphatic heterocycles. The predicted octanol–water partition coefficient (Wildman–Crippen LogP) is 2.96. The number of ether oxygens (including phenoxy) is 1. The first-order valence-electron chi connectivity index (χ1n) is 6.92. The van der Waals surface area contributed by atoms with E-state index in [0.29, 0.717) is 13.2 Å². The summed E-state index contributed by atoms with van der Waals surface area (Å²) in [5.41, 5.74) is 1.52. The van der Waals surface area contributed by atoms with Gasteiger partial charge in [-0.15, -0.1) is 0 Å². The quantitative estimate of drug-likeness (QED) is 0.713. The molecule has 1 atom stereocenters. The van der Waals surface area contributed by atoms with Crippen molar-refractivity contribution in [1.82, 2.24) is 4.72 Å². The molecule has 0 saturated heterocycles. The van der Waals surface area contributed by atoms with Gasteiger partial charge < -0.3 is 4.74 Å². The summed E-state index contributed by atoms with van der Waals surface area (Å²) in [6.45, 7) is 7.86. The van der Waals surface area contributed by atoms with Crippen LogP contribution in [0.3, 0.4) is 0 Å². The number of rotatable bonds is 9. The molecule has 1 aromatic rings. The lowest BCUT2D eigenvalue weighted by molar-refractivity contribution is 0.310. The van der Waals surface area contributed by atoms with E-state index in [4.69, 9.17) is 4.74 Å². The van der Waals surface area contributed by atoms with E-state index in [0.717, 1.165) is 18.6 Å². The molecule has 1 aromatic carbocycles. The van der Waals surface area contributed by atoms with Gasteiger partial charge in [-0.05, 0) is 36.0 Å². The van der Waals surface area contributed by atoms with Crippen molar-refractivity contribution in [3.63, 3.8) is 0 Å². The lowest BCUT2D eigenvalue weighted by atomic mass is 9.82. The van der Waals surface area contributed by atoms with E-state index in [1.807, 2.05) is 12.1 Å². The van der Waals surface area contributed by atoms with Crippen LogP contribution in [0.5, 0.6) is 5.75 Å². The average Bonchev–Trinajstić information content (AvgIpc) is 2.47. The minimum atomic E-state index is -1.39. The molecule has 0 aliphatic rings. The number of nitrogens with one attached hydrogen (secondary N) is 1. The van der Waals surface area contributed by atoms with Crippen molar-refractivity contribution >= 4 is 11.3 Å². The van der Waals surface area contributed by atoms with Crippen LogP contribution in [-0.4, -0.2) is 24.5 Å². The van der Waals surface area contributed by atoms with Gasteiger partial charge in [-0.2, -0.15) is 0 Å². The number of hydrogen-bond acceptors (Lipinski definition) is 3. The van der Waals surface area contributed by atoms with Gasteiger partial charge in [0.25, 0.3) is 0 Å². The van der Waals surface area contributed by atoms with E-state index in [1.54, 1.807) is 0 Å². The molecule has 0 saturated carbocycles. The van der Waals surface area contributed by atoms with E-state index < -0.39 is 11.3 Å². The second-order valence-corrected chi connectivity index (χ2v) is 6.35. The van der Waals surface area contributed by atoms with Crippen LogP contribution in [0.2, 0.25) is 0 Å². The molecule has 5 heteroatoms. The highest BCUT2D eigenvalue weighted by Gasteiger charge is 2.17. The van der Waals surface area contributed by atoms with E-state index in [1.165, 1.54) is 12.7 Å². The Morgan fingerprint density at radius 2 is 1.90 bits per heavy atom. The lowest BCUT2D eigenvalue weighted by Gasteiger charge is -2.23. The molecule has 0 heterocycles. The SMILES string of the molecule is CCC(C)(C)c1ccc(OCCCNS(=O)OC)cc1. The van der Waals surface area contributed by atoms with Crippen molar-refractivity contribution in [1.29, 1.82) is 0 Å². The number of hydrogen-bond donors (Lipinski definition) is 1. The normalized spacial score (nSPS) is 13.2. The second-order valence-electron chi connectivity index (χ2n) is 5.26. The van der Waals surface area contributed by atoms with Crippen LogP contribution in [0.4, 0.5) is 0 Å². The Balaban J connectivity index is 2.34. The maximum absolute atomic E-state index is 10.9. The Hall–Kier alpha value is -0.910. The number of benzene rings is 1. The molecule has 0 aromatic heterocycles. The van der Waals surface area contributed by atoms with E-state index in [9.17, 15) is 4.21 Å². The lowest BCUT2D eigenvalue weighted by Crippen LogP contribution is -2.20. The Morgan fingerprint density at radius 1 is 1.25 bits per heavy atom. The Labute approximate surface area is 124 Å². The third-order valence-corrected chi connectivity index (χ3v) is 4.22. The molecule has 1 rings (SSSR count). The van der Waals surface area contributed by atoms with Crippen LogP contribution < -0.4 is 9.46 Å². The van der Waals surface area contributed by atoms with Gasteiger partial charge in [-0.25, -0.2) is 8.93 Å².